The molecule has 1 heterocycles. The van der Waals surface area contributed by atoms with Gasteiger partial charge in [-0.25, -0.2) is 9.82 Å². The van der Waals surface area contributed by atoms with Gasteiger partial charge in [0.2, 0.25) is 0 Å². The van der Waals surface area contributed by atoms with E-state index in [0.29, 0.717) is 5.56 Å². The summed E-state index contributed by atoms with van der Waals surface area (Å²) in [5.41, 5.74) is 5.46. The number of nitrogens with zero attached hydrogens (tertiary/aromatic N) is 3. The Kier molecular flexibility index (Phi) is 7.58. The van der Waals surface area contributed by atoms with Crippen LogP contribution in [0.1, 0.15) is 16.7 Å². The van der Waals surface area contributed by atoms with Crippen LogP contribution in [0.3, 0.4) is 0 Å². The second-order valence-corrected chi connectivity index (χ2v) is 9.17. The van der Waals surface area contributed by atoms with Crippen LogP contribution in [0.2, 0.25) is 0 Å². The molecular formula is C19H17FN4OS3. The van der Waals surface area contributed by atoms with E-state index in [1.165, 1.54) is 52.6 Å². The van der Waals surface area contributed by atoms with Crippen LogP contribution >= 0.6 is 34.9 Å². The van der Waals surface area contributed by atoms with Crippen molar-refractivity contribution < 1.29 is 9.18 Å². The number of halogens is 1. The summed E-state index contributed by atoms with van der Waals surface area (Å²) in [6, 6.07) is 14.4. The number of hydrogen-bond acceptors (Lipinski definition) is 7. The topological polar surface area (TPSA) is 67.2 Å². The van der Waals surface area contributed by atoms with Gasteiger partial charge in [0, 0.05) is 5.75 Å². The molecule has 28 heavy (non-hydrogen) atoms. The van der Waals surface area contributed by atoms with Crippen LogP contribution in [-0.4, -0.2) is 28.1 Å². The predicted octanol–water partition coefficient (Wildman–Crippen LogP) is 4.52. The van der Waals surface area contributed by atoms with Gasteiger partial charge in [0.25, 0.3) is 5.91 Å². The molecule has 3 aromatic rings. The number of aromatic nitrogens is 2. The van der Waals surface area contributed by atoms with Crippen LogP contribution in [0.15, 0.2) is 62.3 Å². The number of aryl methyl sites for hydroxylation is 1. The molecule has 0 unspecified atom stereocenters. The molecule has 1 amide bonds. The summed E-state index contributed by atoms with van der Waals surface area (Å²) in [5, 5.41) is 12.1. The summed E-state index contributed by atoms with van der Waals surface area (Å²) >= 11 is 4.39. The fraction of sp³-hybridized carbons (Fsp3) is 0.158. The van der Waals surface area contributed by atoms with Crippen LogP contribution in [0, 0.1) is 12.7 Å². The van der Waals surface area contributed by atoms with Gasteiger partial charge in [0.15, 0.2) is 8.68 Å². The first kappa shape index (κ1) is 20.5. The lowest BCUT2D eigenvalue weighted by Gasteiger charge is -1.99. The molecule has 0 radical (unpaired) electrons. The second kappa shape index (κ2) is 10.4. The van der Waals surface area contributed by atoms with Gasteiger partial charge < -0.3 is 0 Å². The van der Waals surface area contributed by atoms with E-state index >= 15 is 0 Å². The van der Waals surface area contributed by atoms with Crippen molar-refractivity contribution in [2.75, 3.05) is 5.75 Å². The molecule has 0 aliphatic carbocycles. The molecular weight excluding hydrogens is 415 g/mol. The van der Waals surface area contributed by atoms with Crippen molar-refractivity contribution in [2.45, 2.75) is 21.4 Å². The maximum absolute atomic E-state index is 13.1. The van der Waals surface area contributed by atoms with E-state index in [1.54, 1.807) is 23.9 Å². The maximum atomic E-state index is 13.1. The molecule has 5 nitrogen and oxygen atoms in total. The van der Waals surface area contributed by atoms with Crippen molar-refractivity contribution in [2.24, 2.45) is 5.10 Å². The zero-order chi connectivity index (χ0) is 19.8. The highest BCUT2D eigenvalue weighted by Gasteiger charge is 2.08. The summed E-state index contributed by atoms with van der Waals surface area (Å²) in [7, 11) is 0. The summed E-state index contributed by atoms with van der Waals surface area (Å²) < 4.78 is 14.7. The number of benzene rings is 2. The van der Waals surface area contributed by atoms with E-state index in [9.17, 15) is 9.18 Å². The van der Waals surface area contributed by atoms with E-state index in [2.05, 4.69) is 51.9 Å². The Morgan fingerprint density at radius 3 is 2.68 bits per heavy atom. The van der Waals surface area contributed by atoms with E-state index in [1.807, 2.05) is 0 Å². The van der Waals surface area contributed by atoms with Crippen LogP contribution in [0.5, 0.6) is 0 Å². The minimum Gasteiger partial charge on any atom is -0.272 e. The van der Waals surface area contributed by atoms with E-state index in [-0.39, 0.29) is 17.5 Å². The third kappa shape index (κ3) is 6.74. The highest BCUT2D eigenvalue weighted by molar-refractivity contribution is 8.03. The second-order valence-electron chi connectivity index (χ2n) is 5.75. The standard InChI is InChI=1S/C19H17FN4OS3/c1-13-5-7-14(8-6-13)11-26-18-23-24-19(28-18)27-12-17(25)22-21-10-15-3-2-4-16(20)9-15/h2-10H,11-12H2,1H3,(H,22,25). The predicted molar refractivity (Wildman–Crippen MR) is 114 cm³/mol. The van der Waals surface area contributed by atoms with Crippen molar-refractivity contribution in [1.29, 1.82) is 0 Å². The Balaban J connectivity index is 1.41. The van der Waals surface area contributed by atoms with Crippen LogP contribution in [-0.2, 0) is 10.5 Å². The lowest BCUT2D eigenvalue weighted by atomic mass is 10.2. The van der Waals surface area contributed by atoms with Gasteiger partial charge >= 0.3 is 0 Å². The van der Waals surface area contributed by atoms with Crippen molar-refractivity contribution in [3.8, 4) is 0 Å². The first-order valence-electron chi connectivity index (χ1n) is 8.30. The van der Waals surface area contributed by atoms with Crippen molar-refractivity contribution in [3.63, 3.8) is 0 Å². The van der Waals surface area contributed by atoms with Crippen molar-refractivity contribution >= 4 is 47.0 Å². The van der Waals surface area contributed by atoms with Gasteiger partial charge in [0.1, 0.15) is 5.82 Å². The molecule has 0 saturated heterocycles. The molecule has 2 aromatic carbocycles. The van der Waals surface area contributed by atoms with Crippen LogP contribution in [0.25, 0.3) is 0 Å². The molecule has 144 valence electrons. The molecule has 1 N–H and O–H groups in total. The van der Waals surface area contributed by atoms with E-state index < -0.39 is 0 Å². The Morgan fingerprint density at radius 1 is 1.18 bits per heavy atom. The zero-order valence-electron chi connectivity index (χ0n) is 15.0. The first-order chi connectivity index (χ1) is 13.6. The van der Waals surface area contributed by atoms with E-state index in [4.69, 9.17) is 0 Å². The van der Waals surface area contributed by atoms with E-state index in [0.717, 1.165) is 14.4 Å². The molecule has 0 saturated carbocycles. The fourth-order valence-electron chi connectivity index (χ4n) is 2.07. The Bertz CT molecular complexity index is 960. The minimum atomic E-state index is -0.349. The number of carbonyl (C=O) groups is 1. The first-order valence-corrected chi connectivity index (χ1v) is 11.1. The monoisotopic (exact) mass is 432 g/mol. The lowest BCUT2D eigenvalue weighted by Crippen LogP contribution is -2.19. The number of hydrazone groups is 1. The number of nitrogens with one attached hydrogen (secondary N) is 1. The zero-order valence-corrected chi connectivity index (χ0v) is 17.4. The number of hydrogen-bond donors (Lipinski definition) is 1. The highest BCUT2D eigenvalue weighted by Crippen LogP contribution is 2.30. The van der Waals surface area contributed by atoms with Crippen LogP contribution in [0.4, 0.5) is 4.39 Å². The maximum Gasteiger partial charge on any atom is 0.250 e. The summed E-state index contributed by atoms with van der Waals surface area (Å²) in [6.45, 7) is 2.06. The number of amides is 1. The minimum absolute atomic E-state index is 0.178. The largest absolute Gasteiger partial charge is 0.272 e. The fourth-order valence-corrected chi connectivity index (χ4v) is 4.84. The molecule has 0 bridgehead atoms. The van der Waals surface area contributed by atoms with Crippen LogP contribution < -0.4 is 5.43 Å². The third-order valence-corrected chi connectivity index (χ3v) is 6.71. The summed E-state index contributed by atoms with van der Waals surface area (Å²) in [5.74, 6) is 0.395. The Morgan fingerprint density at radius 2 is 1.93 bits per heavy atom. The SMILES string of the molecule is Cc1ccc(CSc2nnc(SCC(=O)NN=Cc3cccc(F)c3)s2)cc1. The molecule has 9 heteroatoms. The smallest absolute Gasteiger partial charge is 0.250 e. The normalized spacial score (nSPS) is 11.1. The molecule has 0 spiro atoms. The average Bonchev–Trinajstić information content (AvgIpc) is 3.14. The molecule has 0 atom stereocenters. The number of carbonyl (C=O) groups excluding carboxylic acids is 1. The lowest BCUT2D eigenvalue weighted by molar-refractivity contribution is -0.118. The quantitative estimate of drug-likeness (QED) is 0.322. The molecule has 3 rings (SSSR count). The molecule has 0 fully saturated rings. The van der Waals surface area contributed by atoms with Gasteiger partial charge in [0.05, 0.1) is 12.0 Å². The summed E-state index contributed by atoms with van der Waals surface area (Å²) in [4.78, 5) is 11.8. The number of rotatable bonds is 8. The molecule has 0 aliphatic heterocycles. The molecule has 1 aromatic heterocycles. The molecule has 0 aliphatic rings. The van der Waals surface area contributed by atoms with Gasteiger partial charge in [-0.2, -0.15) is 5.10 Å². The summed E-state index contributed by atoms with van der Waals surface area (Å²) in [6.07, 6.45) is 1.40. The third-order valence-electron chi connectivity index (χ3n) is 3.45. The van der Waals surface area contributed by atoms with Gasteiger partial charge in [-0.1, -0.05) is 76.8 Å². The number of thioether (sulfide) groups is 2. The van der Waals surface area contributed by atoms with Gasteiger partial charge in [-0.05, 0) is 30.2 Å². The highest BCUT2D eigenvalue weighted by atomic mass is 32.2. The van der Waals surface area contributed by atoms with Crippen molar-refractivity contribution in [1.82, 2.24) is 15.6 Å². The Hall–Kier alpha value is -2.23. The Labute approximate surface area is 174 Å². The van der Waals surface area contributed by atoms with Gasteiger partial charge in [-0.3, -0.25) is 4.79 Å². The van der Waals surface area contributed by atoms with Gasteiger partial charge in [-0.15, -0.1) is 10.2 Å². The average molecular weight is 433 g/mol. The van der Waals surface area contributed by atoms with Crippen molar-refractivity contribution in [3.05, 3.63) is 71.0 Å².